The van der Waals surface area contributed by atoms with Crippen molar-refractivity contribution in [3.05, 3.63) is 83.7 Å². The van der Waals surface area contributed by atoms with E-state index in [0.717, 1.165) is 17.2 Å². The molecule has 0 bridgehead atoms. The molecule has 0 radical (unpaired) electrons. The third-order valence-electron chi connectivity index (χ3n) is 5.27. The molecule has 1 aliphatic heterocycles. The van der Waals surface area contributed by atoms with Gasteiger partial charge in [-0.3, -0.25) is 0 Å². The monoisotopic (exact) mass is 419 g/mol. The average molecular weight is 419 g/mol. The lowest BCUT2D eigenvalue weighted by atomic mass is 9.95. The number of benzene rings is 3. The molecule has 0 unspecified atom stereocenters. The summed E-state index contributed by atoms with van der Waals surface area (Å²) in [7, 11) is -3.82. The van der Waals surface area contributed by atoms with Crippen LogP contribution in [-0.2, 0) is 15.6 Å². The zero-order chi connectivity index (χ0) is 21.0. The van der Waals surface area contributed by atoms with E-state index in [-0.39, 0.29) is 21.4 Å². The maximum Gasteiger partial charge on any atom is 0.336 e. The lowest BCUT2D eigenvalue weighted by molar-refractivity contribution is 0.0698. The number of sulfone groups is 1. The number of aromatic nitrogens is 1. The second kappa shape index (κ2) is 6.47. The summed E-state index contributed by atoms with van der Waals surface area (Å²) in [6.45, 7) is 0. The van der Waals surface area contributed by atoms with Crippen LogP contribution in [0.1, 0.15) is 15.9 Å². The first kappa shape index (κ1) is 18.4. The van der Waals surface area contributed by atoms with Crippen molar-refractivity contribution < 1.29 is 22.7 Å². The molecule has 1 N–H and O–H groups in total. The Labute approximate surface area is 171 Å². The molecule has 30 heavy (non-hydrogen) atoms. The van der Waals surface area contributed by atoms with Crippen LogP contribution in [0.25, 0.3) is 33.3 Å². The van der Waals surface area contributed by atoms with E-state index in [9.17, 15) is 22.7 Å². The lowest BCUT2D eigenvalue weighted by Gasteiger charge is -2.22. The predicted molar refractivity (Wildman–Crippen MR) is 110 cm³/mol. The first-order valence-corrected chi connectivity index (χ1v) is 10.8. The molecule has 4 aromatic rings. The van der Waals surface area contributed by atoms with Crippen LogP contribution in [0.3, 0.4) is 0 Å². The second-order valence-corrected chi connectivity index (χ2v) is 9.07. The number of aromatic carboxylic acids is 1. The molecule has 2 heterocycles. The maximum atomic E-state index is 13.8. The van der Waals surface area contributed by atoms with Crippen LogP contribution in [0.15, 0.2) is 71.6 Å². The van der Waals surface area contributed by atoms with Gasteiger partial charge < -0.3 is 5.11 Å². The fourth-order valence-corrected chi connectivity index (χ4v) is 5.56. The van der Waals surface area contributed by atoms with Gasteiger partial charge >= 0.3 is 5.97 Å². The van der Waals surface area contributed by atoms with Gasteiger partial charge in [-0.2, -0.15) is 0 Å². The molecule has 5 nitrogen and oxygen atoms in total. The smallest absolute Gasteiger partial charge is 0.336 e. The first-order chi connectivity index (χ1) is 14.3. The van der Waals surface area contributed by atoms with E-state index in [2.05, 4.69) is 4.98 Å². The van der Waals surface area contributed by atoms with Gasteiger partial charge in [0.1, 0.15) is 5.82 Å². The van der Waals surface area contributed by atoms with Crippen molar-refractivity contribution >= 4 is 26.7 Å². The number of hydrogen-bond acceptors (Lipinski definition) is 4. The molecule has 0 saturated carbocycles. The minimum Gasteiger partial charge on any atom is -0.478 e. The number of fused-ring (bicyclic) bond motifs is 4. The zero-order valence-electron chi connectivity index (χ0n) is 15.5. The van der Waals surface area contributed by atoms with Gasteiger partial charge in [0.15, 0.2) is 9.84 Å². The van der Waals surface area contributed by atoms with Gasteiger partial charge in [-0.15, -0.1) is 0 Å². The van der Waals surface area contributed by atoms with Gasteiger partial charge in [0.2, 0.25) is 0 Å². The number of hydrogen-bond donors (Lipinski definition) is 1. The van der Waals surface area contributed by atoms with Crippen LogP contribution in [0.5, 0.6) is 0 Å². The predicted octanol–water partition coefficient (Wildman–Crippen LogP) is 4.69. The summed E-state index contributed by atoms with van der Waals surface area (Å²) in [6, 6.07) is 18.1. The van der Waals surface area contributed by atoms with Crippen molar-refractivity contribution in [2.45, 2.75) is 10.6 Å². The Balaban J connectivity index is 1.84. The van der Waals surface area contributed by atoms with Gasteiger partial charge in [-0.1, -0.05) is 42.5 Å². The van der Waals surface area contributed by atoms with Crippen LogP contribution in [-0.4, -0.2) is 24.5 Å². The van der Waals surface area contributed by atoms with Gasteiger partial charge in [0.25, 0.3) is 0 Å². The quantitative estimate of drug-likeness (QED) is 0.509. The standard InChI is InChI=1S/C23H14FNO4S/c24-15-7-9-19-17(11-15)21(23(26)27)18-12-30(28,29)20-10-14(13-4-2-1-3-5-13)6-8-16(20)22(18)25-19/h1-11H,12H2,(H,26,27). The fourth-order valence-electron chi connectivity index (χ4n) is 3.94. The number of carboxylic acid groups (broad SMARTS) is 1. The highest BCUT2D eigenvalue weighted by molar-refractivity contribution is 7.91. The number of rotatable bonds is 2. The summed E-state index contributed by atoms with van der Waals surface area (Å²) in [5.41, 5.74) is 2.42. The van der Waals surface area contributed by atoms with Crippen LogP contribution in [0, 0.1) is 5.82 Å². The van der Waals surface area contributed by atoms with E-state index in [1.807, 2.05) is 30.3 Å². The molecule has 5 rings (SSSR count). The van der Waals surface area contributed by atoms with Crippen LogP contribution < -0.4 is 0 Å². The summed E-state index contributed by atoms with van der Waals surface area (Å²) in [5, 5.41) is 9.88. The van der Waals surface area contributed by atoms with E-state index >= 15 is 0 Å². The molecule has 3 aromatic carbocycles. The van der Waals surface area contributed by atoms with E-state index in [0.29, 0.717) is 16.8 Å². The highest BCUT2D eigenvalue weighted by Gasteiger charge is 2.34. The summed E-state index contributed by atoms with van der Waals surface area (Å²) in [5.74, 6) is -2.43. The Morgan fingerprint density at radius 1 is 0.967 bits per heavy atom. The van der Waals surface area contributed by atoms with Crippen molar-refractivity contribution in [2.75, 3.05) is 0 Å². The number of carboxylic acids is 1. The maximum absolute atomic E-state index is 13.8. The SMILES string of the molecule is O=C(O)c1c2c(nc3ccc(F)cc13)-c1ccc(-c3ccccc3)cc1S(=O)(=O)C2. The molecule has 1 aromatic heterocycles. The molecule has 148 valence electrons. The Morgan fingerprint density at radius 3 is 2.47 bits per heavy atom. The van der Waals surface area contributed by atoms with Gasteiger partial charge in [0.05, 0.1) is 27.4 Å². The molecule has 0 aliphatic carbocycles. The molecular formula is C23H14FNO4S. The van der Waals surface area contributed by atoms with Gasteiger partial charge in [0, 0.05) is 16.5 Å². The summed E-state index contributed by atoms with van der Waals surface area (Å²) in [4.78, 5) is 16.6. The van der Waals surface area contributed by atoms with Crippen molar-refractivity contribution in [1.82, 2.24) is 4.98 Å². The zero-order valence-corrected chi connectivity index (χ0v) is 16.3. The summed E-state index contributed by atoms with van der Waals surface area (Å²) < 4.78 is 40.0. The molecule has 1 aliphatic rings. The topological polar surface area (TPSA) is 84.3 Å². The van der Waals surface area contributed by atoms with E-state index < -0.39 is 27.4 Å². The average Bonchev–Trinajstić information content (AvgIpc) is 2.72. The van der Waals surface area contributed by atoms with Crippen molar-refractivity contribution in [3.63, 3.8) is 0 Å². The highest BCUT2D eigenvalue weighted by Crippen LogP contribution is 2.42. The molecule has 0 spiro atoms. The van der Waals surface area contributed by atoms with Crippen LogP contribution in [0.2, 0.25) is 0 Å². The third-order valence-corrected chi connectivity index (χ3v) is 6.95. The molecule has 7 heteroatoms. The van der Waals surface area contributed by atoms with Gasteiger partial charge in [-0.25, -0.2) is 22.6 Å². The summed E-state index contributed by atoms with van der Waals surface area (Å²) in [6.07, 6.45) is 0. The minimum atomic E-state index is -3.82. The second-order valence-electron chi connectivity index (χ2n) is 7.12. The molecule has 0 atom stereocenters. The molecule has 0 amide bonds. The normalized spacial score (nSPS) is 14.2. The number of pyridine rings is 1. The van der Waals surface area contributed by atoms with E-state index in [4.69, 9.17) is 0 Å². The van der Waals surface area contributed by atoms with Gasteiger partial charge in [-0.05, 0) is 35.4 Å². The first-order valence-electron chi connectivity index (χ1n) is 9.13. The number of carbonyl (C=O) groups is 1. The fraction of sp³-hybridized carbons (Fsp3) is 0.0435. The minimum absolute atomic E-state index is 0.0839. The highest BCUT2D eigenvalue weighted by atomic mass is 32.2. The Bertz CT molecular complexity index is 1460. The van der Waals surface area contributed by atoms with E-state index in [1.165, 1.54) is 12.1 Å². The van der Waals surface area contributed by atoms with Crippen LogP contribution in [0.4, 0.5) is 4.39 Å². The molecule has 0 saturated heterocycles. The molecular weight excluding hydrogens is 405 g/mol. The number of nitrogens with zero attached hydrogens (tertiary/aromatic N) is 1. The van der Waals surface area contributed by atoms with Crippen molar-refractivity contribution in [1.29, 1.82) is 0 Å². The largest absolute Gasteiger partial charge is 0.478 e. The Hall–Kier alpha value is -3.58. The van der Waals surface area contributed by atoms with Crippen molar-refractivity contribution in [2.24, 2.45) is 0 Å². The summed E-state index contributed by atoms with van der Waals surface area (Å²) >= 11 is 0. The van der Waals surface area contributed by atoms with E-state index in [1.54, 1.807) is 18.2 Å². The molecule has 0 fully saturated rings. The van der Waals surface area contributed by atoms with Crippen LogP contribution >= 0.6 is 0 Å². The lowest BCUT2D eigenvalue weighted by Crippen LogP contribution is -2.18. The Kier molecular flexibility index (Phi) is 3.98. The van der Waals surface area contributed by atoms with Crippen molar-refractivity contribution in [3.8, 4) is 22.4 Å². The Morgan fingerprint density at radius 2 is 1.73 bits per heavy atom. The third kappa shape index (κ3) is 2.78. The number of halogens is 1.